The van der Waals surface area contributed by atoms with Gasteiger partial charge in [-0.3, -0.25) is 4.79 Å². The number of hydrogen-bond acceptors (Lipinski definition) is 6. The number of carbonyl (C=O) groups excluding carboxylic acids is 1. The van der Waals surface area contributed by atoms with E-state index in [9.17, 15) is 4.79 Å². The predicted octanol–water partition coefficient (Wildman–Crippen LogP) is 3.75. The van der Waals surface area contributed by atoms with Crippen molar-refractivity contribution in [1.29, 1.82) is 0 Å². The Kier molecular flexibility index (Phi) is 4.66. The van der Waals surface area contributed by atoms with Gasteiger partial charge in [-0.2, -0.15) is 0 Å². The van der Waals surface area contributed by atoms with Crippen LogP contribution in [0.3, 0.4) is 0 Å². The van der Waals surface area contributed by atoms with Gasteiger partial charge in [0.05, 0.1) is 38.0 Å². The molecule has 0 saturated carbocycles. The first kappa shape index (κ1) is 16.3. The SMILES string of the molecule is COc1cc(C(=O)Cc2nc3ccccc3s2)cc(OC)c1OC. The molecule has 0 spiro atoms. The summed E-state index contributed by atoms with van der Waals surface area (Å²) < 4.78 is 16.9. The molecule has 124 valence electrons. The molecule has 24 heavy (non-hydrogen) atoms. The molecule has 0 atom stereocenters. The van der Waals surface area contributed by atoms with Crippen LogP contribution in [0.25, 0.3) is 10.2 Å². The molecule has 0 amide bonds. The maximum absolute atomic E-state index is 12.6. The number of hydrogen-bond donors (Lipinski definition) is 0. The molecule has 0 aliphatic rings. The van der Waals surface area contributed by atoms with E-state index in [2.05, 4.69) is 4.98 Å². The Balaban J connectivity index is 1.91. The molecule has 1 heterocycles. The van der Waals surface area contributed by atoms with E-state index in [1.54, 1.807) is 12.1 Å². The summed E-state index contributed by atoms with van der Waals surface area (Å²) >= 11 is 1.53. The van der Waals surface area contributed by atoms with E-state index in [4.69, 9.17) is 14.2 Å². The molecule has 1 aromatic heterocycles. The zero-order valence-corrected chi connectivity index (χ0v) is 14.5. The molecule has 0 bridgehead atoms. The van der Waals surface area contributed by atoms with Gasteiger partial charge in [-0.15, -0.1) is 11.3 Å². The number of ketones is 1. The highest BCUT2D eigenvalue weighted by atomic mass is 32.1. The molecule has 0 radical (unpaired) electrons. The molecule has 3 aromatic rings. The second-order valence-electron chi connectivity index (χ2n) is 5.09. The first-order valence-corrected chi connectivity index (χ1v) is 8.15. The van der Waals surface area contributed by atoms with E-state index >= 15 is 0 Å². The van der Waals surface area contributed by atoms with E-state index in [0.29, 0.717) is 22.8 Å². The maximum Gasteiger partial charge on any atom is 0.203 e. The van der Waals surface area contributed by atoms with E-state index in [-0.39, 0.29) is 12.2 Å². The first-order valence-electron chi connectivity index (χ1n) is 7.34. The van der Waals surface area contributed by atoms with Gasteiger partial charge >= 0.3 is 0 Å². The van der Waals surface area contributed by atoms with Crippen molar-refractivity contribution in [2.75, 3.05) is 21.3 Å². The van der Waals surface area contributed by atoms with E-state index in [0.717, 1.165) is 15.2 Å². The van der Waals surface area contributed by atoms with E-state index in [1.807, 2.05) is 24.3 Å². The molecule has 0 aliphatic heterocycles. The molecule has 0 fully saturated rings. The third kappa shape index (κ3) is 3.05. The van der Waals surface area contributed by atoms with Crippen molar-refractivity contribution in [3.63, 3.8) is 0 Å². The average molecular weight is 343 g/mol. The summed E-state index contributed by atoms with van der Waals surface area (Å²) in [6, 6.07) is 11.2. The molecule has 0 unspecified atom stereocenters. The normalized spacial score (nSPS) is 10.6. The summed E-state index contributed by atoms with van der Waals surface area (Å²) in [4.78, 5) is 17.1. The Morgan fingerprint density at radius 2 is 1.71 bits per heavy atom. The highest BCUT2D eigenvalue weighted by molar-refractivity contribution is 7.18. The fourth-order valence-corrected chi connectivity index (χ4v) is 3.44. The van der Waals surface area contributed by atoms with Crippen LogP contribution in [0.2, 0.25) is 0 Å². The van der Waals surface area contributed by atoms with Gasteiger partial charge in [0, 0.05) is 5.56 Å². The Hall–Kier alpha value is -2.60. The monoisotopic (exact) mass is 343 g/mol. The van der Waals surface area contributed by atoms with Gasteiger partial charge in [-0.05, 0) is 24.3 Å². The molecular formula is C18H17NO4S. The Bertz CT molecular complexity index is 830. The molecule has 0 aliphatic carbocycles. The fraction of sp³-hybridized carbons (Fsp3) is 0.222. The highest BCUT2D eigenvalue weighted by Gasteiger charge is 2.18. The molecule has 0 saturated heterocycles. The molecule has 3 rings (SSSR count). The molecule has 5 nitrogen and oxygen atoms in total. The maximum atomic E-state index is 12.6. The Labute approximate surface area is 143 Å². The van der Waals surface area contributed by atoms with E-state index in [1.165, 1.54) is 32.7 Å². The minimum absolute atomic E-state index is 0.0479. The van der Waals surface area contributed by atoms with Crippen LogP contribution in [0.5, 0.6) is 17.2 Å². The topological polar surface area (TPSA) is 57.7 Å². The van der Waals surface area contributed by atoms with Crippen molar-refractivity contribution >= 4 is 27.3 Å². The number of carbonyl (C=O) groups is 1. The lowest BCUT2D eigenvalue weighted by Crippen LogP contribution is -2.05. The van der Waals surface area contributed by atoms with Crippen molar-refractivity contribution in [3.8, 4) is 17.2 Å². The van der Waals surface area contributed by atoms with Gasteiger partial charge < -0.3 is 14.2 Å². The summed E-state index contributed by atoms with van der Waals surface area (Å²) in [6.45, 7) is 0. The van der Waals surface area contributed by atoms with Crippen molar-refractivity contribution in [2.24, 2.45) is 0 Å². The number of ether oxygens (including phenoxy) is 3. The van der Waals surface area contributed by atoms with Crippen LogP contribution in [-0.4, -0.2) is 32.1 Å². The van der Waals surface area contributed by atoms with Gasteiger partial charge in [0.15, 0.2) is 17.3 Å². The van der Waals surface area contributed by atoms with Crippen molar-refractivity contribution in [3.05, 3.63) is 47.0 Å². The lowest BCUT2D eigenvalue weighted by molar-refractivity contribution is 0.0992. The Morgan fingerprint density at radius 1 is 1.04 bits per heavy atom. The molecule has 0 N–H and O–H groups in total. The standard InChI is InChI=1S/C18H17NO4S/c1-21-14-8-11(9-15(22-2)18(14)23-3)13(20)10-17-19-12-6-4-5-7-16(12)24-17/h4-9H,10H2,1-3H3. The van der Waals surface area contributed by atoms with Gasteiger partial charge in [0.1, 0.15) is 5.01 Å². The number of aromatic nitrogens is 1. The Morgan fingerprint density at radius 3 is 2.29 bits per heavy atom. The quantitative estimate of drug-likeness (QED) is 0.638. The largest absolute Gasteiger partial charge is 0.493 e. The first-order chi connectivity index (χ1) is 11.7. The number of fused-ring (bicyclic) bond motifs is 1. The van der Waals surface area contributed by atoms with Gasteiger partial charge in [0.2, 0.25) is 5.75 Å². The van der Waals surface area contributed by atoms with Crippen LogP contribution in [-0.2, 0) is 6.42 Å². The number of para-hydroxylation sites is 1. The van der Waals surface area contributed by atoms with E-state index < -0.39 is 0 Å². The van der Waals surface area contributed by atoms with Crippen LogP contribution in [0.4, 0.5) is 0 Å². The van der Waals surface area contributed by atoms with Crippen LogP contribution >= 0.6 is 11.3 Å². The summed E-state index contributed by atoms with van der Waals surface area (Å²) in [5.74, 6) is 1.35. The summed E-state index contributed by atoms with van der Waals surface area (Å²) in [6.07, 6.45) is 0.234. The number of rotatable bonds is 6. The smallest absolute Gasteiger partial charge is 0.203 e. The third-order valence-electron chi connectivity index (χ3n) is 3.64. The zero-order valence-electron chi connectivity index (χ0n) is 13.7. The van der Waals surface area contributed by atoms with Crippen molar-refractivity contribution in [2.45, 2.75) is 6.42 Å². The second kappa shape index (κ2) is 6.88. The van der Waals surface area contributed by atoms with Crippen LogP contribution in [0.15, 0.2) is 36.4 Å². The number of nitrogens with zero attached hydrogens (tertiary/aromatic N) is 1. The van der Waals surface area contributed by atoms with Gasteiger partial charge in [0.25, 0.3) is 0 Å². The van der Waals surface area contributed by atoms with Crippen LogP contribution < -0.4 is 14.2 Å². The number of methoxy groups -OCH3 is 3. The number of thiazole rings is 1. The minimum atomic E-state index is -0.0479. The lowest BCUT2D eigenvalue weighted by Gasteiger charge is -2.13. The van der Waals surface area contributed by atoms with Crippen LogP contribution in [0, 0.1) is 0 Å². The van der Waals surface area contributed by atoms with Crippen molar-refractivity contribution in [1.82, 2.24) is 4.98 Å². The van der Waals surface area contributed by atoms with Crippen molar-refractivity contribution < 1.29 is 19.0 Å². The molecular weight excluding hydrogens is 326 g/mol. The molecule has 6 heteroatoms. The third-order valence-corrected chi connectivity index (χ3v) is 4.67. The lowest BCUT2D eigenvalue weighted by atomic mass is 10.1. The summed E-state index contributed by atoms with van der Waals surface area (Å²) in [7, 11) is 4.58. The zero-order chi connectivity index (χ0) is 17.1. The van der Waals surface area contributed by atoms with Crippen LogP contribution in [0.1, 0.15) is 15.4 Å². The average Bonchev–Trinajstić information content (AvgIpc) is 3.02. The predicted molar refractivity (Wildman–Crippen MR) is 93.8 cm³/mol. The highest BCUT2D eigenvalue weighted by Crippen LogP contribution is 2.38. The fourth-order valence-electron chi connectivity index (χ4n) is 2.48. The summed E-state index contributed by atoms with van der Waals surface area (Å²) in [5.41, 5.74) is 1.42. The number of benzene rings is 2. The van der Waals surface area contributed by atoms with Gasteiger partial charge in [-0.1, -0.05) is 12.1 Å². The minimum Gasteiger partial charge on any atom is -0.493 e. The second-order valence-corrected chi connectivity index (χ2v) is 6.20. The molecule has 2 aromatic carbocycles. The summed E-state index contributed by atoms with van der Waals surface area (Å²) in [5, 5.41) is 0.787. The van der Waals surface area contributed by atoms with Gasteiger partial charge in [-0.25, -0.2) is 4.98 Å². The number of Topliss-reactive ketones (excluding diaryl/α,β-unsaturated/α-hetero) is 1.